The van der Waals surface area contributed by atoms with Crippen LogP contribution in [-0.2, 0) is 6.42 Å². The van der Waals surface area contributed by atoms with E-state index in [0.29, 0.717) is 9.33 Å². The molecule has 34 heavy (non-hydrogen) atoms. The Bertz CT molecular complexity index is 1640. The van der Waals surface area contributed by atoms with Gasteiger partial charge >= 0.3 is 0 Å². The van der Waals surface area contributed by atoms with Crippen LogP contribution in [0.2, 0.25) is 0 Å². The van der Waals surface area contributed by atoms with Gasteiger partial charge < -0.3 is 9.84 Å². The highest BCUT2D eigenvalue weighted by molar-refractivity contribution is 7.07. The van der Waals surface area contributed by atoms with Crippen LogP contribution >= 0.6 is 11.3 Å². The summed E-state index contributed by atoms with van der Waals surface area (Å²) in [7, 11) is 1.66. The van der Waals surface area contributed by atoms with E-state index in [2.05, 4.69) is 18.2 Å². The van der Waals surface area contributed by atoms with Gasteiger partial charge in [0.2, 0.25) is 0 Å². The molecule has 5 nitrogen and oxygen atoms in total. The number of hydrogen-bond acceptors (Lipinski definition) is 5. The van der Waals surface area contributed by atoms with Crippen LogP contribution in [0.15, 0.2) is 88.2 Å². The second-order valence-electron chi connectivity index (χ2n) is 8.45. The first kappa shape index (κ1) is 20.7. The second-order valence-corrected chi connectivity index (χ2v) is 9.46. The summed E-state index contributed by atoms with van der Waals surface area (Å²) < 4.78 is 8.11. The number of para-hydroxylation sites is 1. The molecule has 168 valence electrons. The molecule has 6 heteroatoms. The third kappa shape index (κ3) is 3.30. The van der Waals surface area contributed by atoms with Crippen molar-refractivity contribution in [3.63, 3.8) is 0 Å². The van der Waals surface area contributed by atoms with Gasteiger partial charge in [-0.1, -0.05) is 65.9 Å². The number of fused-ring (bicyclic) bond motifs is 3. The van der Waals surface area contributed by atoms with Gasteiger partial charge in [-0.15, -0.1) is 0 Å². The van der Waals surface area contributed by atoms with Gasteiger partial charge in [0.1, 0.15) is 11.5 Å². The molecule has 0 radical (unpaired) electrons. The molecule has 0 spiro atoms. The molecule has 6 rings (SSSR count). The van der Waals surface area contributed by atoms with E-state index < -0.39 is 0 Å². The maximum atomic E-state index is 13.8. The van der Waals surface area contributed by atoms with Crippen molar-refractivity contribution < 1.29 is 9.84 Å². The molecule has 1 aromatic heterocycles. The monoisotopic (exact) mass is 466 g/mol. The Kier molecular flexibility index (Phi) is 4.96. The molecule has 1 aliphatic heterocycles. The summed E-state index contributed by atoms with van der Waals surface area (Å²) in [5.74, 6) is 0.920. The first-order valence-electron chi connectivity index (χ1n) is 11.2. The molecule has 0 unspecified atom stereocenters. The van der Waals surface area contributed by atoms with Crippen molar-refractivity contribution in [3.8, 4) is 11.5 Å². The molecule has 1 atom stereocenters. The highest BCUT2D eigenvalue weighted by Crippen LogP contribution is 2.43. The van der Waals surface area contributed by atoms with Gasteiger partial charge in [0.05, 0.1) is 23.4 Å². The SMILES string of the molecule is COc1ccccc1[C@@H]1C2=C(N=c3s/c(=C/c4cccc(O)c4)c(=O)n31)c1ccccc1CC2. The Morgan fingerprint density at radius 3 is 2.74 bits per heavy atom. The van der Waals surface area contributed by atoms with Crippen LogP contribution in [0, 0.1) is 0 Å². The summed E-state index contributed by atoms with van der Waals surface area (Å²) in [6.07, 6.45) is 3.55. The first-order chi connectivity index (χ1) is 16.6. The van der Waals surface area contributed by atoms with Crippen molar-refractivity contribution >= 4 is 23.1 Å². The van der Waals surface area contributed by atoms with Crippen molar-refractivity contribution in [1.82, 2.24) is 4.57 Å². The highest BCUT2D eigenvalue weighted by Gasteiger charge is 2.33. The van der Waals surface area contributed by atoms with Gasteiger partial charge in [-0.2, -0.15) is 0 Å². The van der Waals surface area contributed by atoms with Crippen molar-refractivity contribution in [3.05, 3.63) is 120 Å². The summed E-state index contributed by atoms with van der Waals surface area (Å²) in [6.45, 7) is 0. The van der Waals surface area contributed by atoms with E-state index in [0.717, 1.165) is 46.6 Å². The van der Waals surface area contributed by atoms with Crippen LogP contribution in [0.1, 0.15) is 34.7 Å². The Balaban J connectivity index is 1.65. The van der Waals surface area contributed by atoms with Crippen LogP contribution in [0.4, 0.5) is 0 Å². The molecule has 0 saturated heterocycles. The molecule has 0 amide bonds. The zero-order valence-corrected chi connectivity index (χ0v) is 19.4. The molecular formula is C28H22N2O3S. The molecule has 3 aromatic carbocycles. The maximum Gasteiger partial charge on any atom is 0.271 e. The molecule has 1 aliphatic carbocycles. The van der Waals surface area contributed by atoms with Crippen molar-refractivity contribution in [1.29, 1.82) is 0 Å². The molecule has 0 fully saturated rings. The lowest BCUT2D eigenvalue weighted by molar-refractivity contribution is 0.402. The lowest BCUT2D eigenvalue weighted by atomic mass is 9.83. The van der Waals surface area contributed by atoms with Crippen LogP contribution in [0.5, 0.6) is 11.5 Å². The van der Waals surface area contributed by atoms with Crippen molar-refractivity contribution in [2.75, 3.05) is 7.11 Å². The third-order valence-corrected chi connectivity index (χ3v) is 7.46. The number of aryl methyl sites for hydroxylation is 1. The van der Waals surface area contributed by atoms with E-state index >= 15 is 0 Å². The summed E-state index contributed by atoms with van der Waals surface area (Å²) in [6, 6.07) is 22.9. The van der Waals surface area contributed by atoms with Gasteiger partial charge in [-0.25, -0.2) is 4.99 Å². The van der Waals surface area contributed by atoms with Gasteiger partial charge in [-0.05, 0) is 53.8 Å². The average Bonchev–Trinajstić information content (AvgIpc) is 3.17. The minimum absolute atomic E-state index is 0.0894. The normalized spacial score (nSPS) is 17.0. The summed E-state index contributed by atoms with van der Waals surface area (Å²) in [4.78, 5) is 19.5. The number of phenols is 1. The van der Waals surface area contributed by atoms with E-state index in [-0.39, 0.29) is 17.4 Å². The van der Waals surface area contributed by atoms with E-state index in [4.69, 9.17) is 9.73 Å². The fourth-order valence-electron chi connectivity index (χ4n) is 4.96. The molecule has 1 N–H and O–H groups in total. The predicted molar refractivity (Wildman–Crippen MR) is 134 cm³/mol. The lowest BCUT2D eigenvalue weighted by Gasteiger charge is -2.31. The fraction of sp³-hybridized carbons (Fsp3) is 0.143. The summed E-state index contributed by atoms with van der Waals surface area (Å²) in [5, 5.41) is 9.87. The number of methoxy groups -OCH3 is 1. The average molecular weight is 467 g/mol. The molecule has 2 aliphatic rings. The number of hydrogen-bond donors (Lipinski definition) is 1. The quantitative estimate of drug-likeness (QED) is 0.496. The van der Waals surface area contributed by atoms with Crippen molar-refractivity contribution in [2.45, 2.75) is 18.9 Å². The first-order valence-corrected chi connectivity index (χ1v) is 12.0. The van der Waals surface area contributed by atoms with Gasteiger partial charge in [0.15, 0.2) is 4.80 Å². The van der Waals surface area contributed by atoms with Crippen LogP contribution in [0.3, 0.4) is 0 Å². The van der Waals surface area contributed by atoms with E-state index in [1.165, 1.54) is 16.9 Å². The third-order valence-electron chi connectivity index (χ3n) is 6.47. The van der Waals surface area contributed by atoms with Crippen LogP contribution in [-0.4, -0.2) is 16.8 Å². The minimum atomic E-state index is -0.290. The van der Waals surface area contributed by atoms with E-state index in [1.54, 1.807) is 25.3 Å². The van der Waals surface area contributed by atoms with Crippen LogP contribution in [0.25, 0.3) is 11.8 Å². The Hall–Kier alpha value is -3.90. The topological polar surface area (TPSA) is 63.8 Å². The molecule has 2 heterocycles. The summed E-state index contributed by atoms with van der Waals surface area (Å²) in [5.41, 5.74) is 6.15. The molecular weight excluding hydrogens is 444 g/mol. The van der Waals surface area contributed by atoms with Gasteiger partial charge in [0.25, 0.3) is 5.56 Å². The number of allylic oxidation sites excluding steroid dienone is 1. The van der Waals surface area contributed by atoms with Crippen LogP contribution < -0.4 is 19.6 Å². The molecule has 4 aromatic rings. The lowest BCUT2D eigenvalue weighted by Crippen LogP contribution is -2.38. The number of aromatic hydroxyl groups is 1. The standard InChI is InChI=1S/C28H22N2O3S/c1-33-23-12-5-4-11-21(23)26-22-14-13-18-8-2-3-10-20(18)25(22)29-28-30(26)27(32)24(34-28)16-17-7-6-9-19(31)15-17/h2-12,15-16,26,31H,13-14H2,1H3/b24-16+/t26-/m1/s1. The Labute approximate surface area is 200 Å². The predicted octanol–water partition coefficient (Wildman–Crippen LogP) is 4.03. The number of benzene rings is 3. The Morgan fingerprint density at radius 2 is 1.88 bits per heavy atom. The van der Waals surface area contributed by atoms with E-state index in [1.807, 2.05) is 47.0 Å². The number of nitrogens with zero attached hydrogens (tertiary/aromatic N) is 2. The largest absolute Gasteiger partial charge is 0.508 e. The second kappa shape index (κ2) is 8.15. The smallest absolute Gasteiger partial charge is 0.271 e. The van der Waals surface area contributed by atoms with Gasteiger partial charge in [0, 0.05) is 11.1 Å². The van der Waals surface area contributed by atoms with Gasteiger partial charge in [-0.3, -0.25) is 9.36 Å². The van der Waals surface area contributed by atoms with Crippen molar-refractivity contribution in [2.24, 2.45) is 4.99 Å². The summed E-state index contributed by atoms with van der Waals surface area (Å²) >= 11 is 1.38. The molecule has 0 bridgehead atoms. The number of thiazole rings is 1. The zero-order valence-electron chi connectivity index (χ0n) is 18.6. The minimum Gasteiger partial charge on any atom is -0.508 e. The maximum absolute atomic E-state index is 13.8. The number of rotatable bonds is 3. The number of phenolic OH excluding ortho intramolecular Hbond substituents is 1. The molecule has 0 saturated carbocycles. The number of aromatic nitrogens is 1. The zero-order chi connectivity index (χ0) is 23.2. The Morgan fingerprint density at radius 1 is 1.06 bits per heavy atom. The number of ether oxygens (including phenoxy) is 1. The van der Waals surface area contributed by atoms with E-state index in [9.17, 15) is 9.90 Å². The fourth-order valence-corrected chi connectivity index (χ4v) is 5.96. The highest BCUT2D eigenvalue weighted by atomic mass is 32.1.